The Kier molecular flexibility index (Phi) is 5.41. The Balaban J connectivity index is 1.94. The Labute approximate surface area is 131 Å². The molecule has 1 aliphatic carbocycles. The summed E-state index contributed by atoms with van der Waals surface area (Å²) in [5.41, 5.74) is 0.274. The lowest BCUT2D eigenvalue weighted by molar-refractivity contribution is -0.167. The van der Waals surface area contributed by atoms with E-state index in [-0.39, 0.29) is 11.6 Å². The lowest BCUT2D eigenvalue weighted by atomic mass is 10.1. The number of anilines is 2. The number of benzene rings is 1. The molecule has 4 nitrogen and oxygen atoms in total. The summed E-state index contributed by atoms with van der Waals surface area (Å²) in [5.74, 6) is -1.99. The first-order valence-electron chi connectivity index (χ1n) is 7.32. The number of carbonyl (C=O) groups excluding carboxylic acids is 2. The van der Waals surface area contributed by atoms with Gasteiger partial charge < -0.3 is 10.6 Å². The molecule has 0 saturated heterocycles. The molecule has 0 heterocycles. The largest absolute Gasteiger partial charge is 0.471 e. The number of allylic oxidation sites excluding steroid dienone is 1. The molecule has 1 aromatic rings. The molecule has 0 atom stereocenters. The number of halogens is 3. The van der Waals surface area contributed by atoms with Crippen LogP contribution in [0.5, 0.6) is 0 Å². The van der Waals surface area contributed by atoms with Crippen molar-refractivity contribution in [2.24, 2.45) is 5.92 Å². The minimum absolute atomic E-state index is 0.0371. The molecule has 1 fully saturated rings. The summed E-state index contributed by atoms with van der Waals surface area (Å²) in [5, 5.41) is 4.30. The maximum absolute atomic E-state index is 12.2. The van der Waals surface area contributed by atoms with Gasteiger partial charge in [-0.1, -0.05) is 25.0 Å². The first-order valence-corrected chi connectivity index (χ1v) is 7.32. The highest BCUT2D eigenvalue weighted by Crippen LogP contribution is 2.25. The van der Waals surface area contributed by atoms with Crippen LogP contribution in [0.4, 0.5) is 24.5 Å². The van der Waals surface area contributed by atoms with Crippen molar-refractivity contribution in [1.82, 2.24) is 0 Å². The number of amides is 2. The van der Waals surface area contributed by atoms with Gasteiger partial charge in [0.1, 0.15) is 0 Å². The molecular formula is C16H17F3N2O2. The van der Waals surface area contributed by atoms with Crippen LogP contribution in [0.1, 0.15) is 25.7 Å². The van der Waals surface area contributed by atoms with Gasteiger partial charge in [0.2, 0.25) is 5.91 Å². The van der Waals surface area contributed by atoms with E-state index >= 15 is 0 Å². The second kappa shape index (κ2) is 7.30. The van der Waals surface area contributed by atoms with Crippen molar-refractivity contribution in [1.29, 1.82) is 0 Å². The third-order valence-electron chi connectivity index (χ3n) is 3.57. The van der Waals surface area contributed by atoms with Crippen molar-refractivity contribution in [3.8, 4) is 0 Å². The van der Waals surface area contributed by atoms with Gasteiger partial charge in [-0.2, -0.15) is 13.2 Å². The molecule has 0 bridgehead atoms. The highest BCUT2D eigenvalue weighted by atomic mass is 19.4. The number of carbonyl (C=O) groups is 2. The average molecular weight is 326 g/mol. The van der Waals surface area contributed by atoms with Crippen LogP contribution in [0.2, 0.25) is 0 Å². The Morgan fingerprint density at radius 2 is 1.70 bits per heavy atom. The van der Waals surface area contributed by atoms with E-state index in [1.807, 2.05) is 6.08 Å². The molecule has 1 aliphatic rings. The van der Waals surface area contributed by atoms with Crippen LogP contribution in [0, 0.1) is 5.92 Å². The van der Waals surface area contributed by atoms with Crippen LogP contribution in [-0.4, -0.2) is 18.0 Å². The van der Waals surface area contributed by atoms with Crippen LogP contribution in [-0.2, 0) is 9.59 Å². The van der Waals surface area contributed by atoms with E-state index in [4.69, 9.17) is 0 Å². The number of rotatable bonds is 4. The molecule has 1 aromatic carbocycles. The lowest BCUT2D eigenvalue weighted by Crippen LogP contribution is -2.29. The Bertz CT molecular complexity index is 606. The molecule has 0 radical (unpaired) electrons. The second-order valence-electron chi connectivity index (χ2n) is 5.43. The number of alkyl halides is 3. The summed E-state index contributed by atoms with van der Waals surface area (Å²) >= 11 is 0. The van der Waals surface area contributed by atoms with E-state index < -0.39 is 12.1 Å². The highest BCUT2D eigenvalue weighted by Gasteiger charge is 2.38. The molecule has 2 amide bonds. The maximum atomic E-state index is 12.2. The normalized spacial score (nSPS) is 15.8. The van der Waals surface area contributed by atoms with E-state index in [2.05, 4.69) is 5.32 Å². The summed E-state index contributed by atoms with van der Waals surface area (Å²) in [6, 6.07) is 5.56. The van der Waals surface area contributed by atoms with Crippen LogP contribution >= 0.6 is 0 Å². The van der Waals surface area contributed by atoms with Gasteiger partial charge in [0.05, 0.1) is 0 Å². The standard InChI is InChI=1S/C16H17F3N2O2/c17-16(18,19)15(23)21-13-7-3-6-12(10-13)20-14(22)9-8-11-4-1-2-5-11/h3,6-11H,1-2,4-5H2,(H,20,22)(H,21,23)/b9-8+. The topological polar surface area (TPSA) is 58.2 Å². The van der Waals surface area contributed by atoms with Crippen LogP contribution < -0.4 is 10.6 Å². The third-order valence-corrected chi connectivity index (χ3v) is 3.57. The summed E-state index contributed by atoms with van der Waals surface area (Å²) < 4.78 is 36.6. The molecule has 7 heteroatoms. The van der Waals surface area contributed by atoms with Gasteiger partial charge >= 0.3 is 12.1 Å². The quantitative estimate of drug-likeness (QED) is 0.825. The molecule has 0 aromatic heterocycles. The molecule has 2 rings (SSSR count). The fourth-order valence-electron chi connectivity index (χ4n) is 2.43. The fourth-order valence-corrected chi connectivity index (χ4v) is 2.43. The fraction of sp³-hybridized carbons (Fsp3) is 0.375. The highest BCUT2D eigenvalue weighted by molar-refractivity contribution is 6.00. The molecule has 0 aliphatic heterocycles. The van der Waals surface area contributed by atoms with Crippen molar-refractivity contribution < 1.29 is 22.8 Å². The van der Waals surface area contributed by atoms with Crippen LogP contribution in [0.15, 0.2) is 36.4 Å². The van der Waals surface area contributed by atoms with Crippen molar-refractivity contribution in [3.63, 3.8) is 0 Å². The average Bonchev–Trinajstić information content (AvgIpc) is 2.98. The van der Waals surface area contributed by atoms with E-state index in [9.17, 15) is 22.8 Å². The van der Waals surface area contributed by atoms with Gasteiger partial charge in [-0.25, -0.2) is 0 Å². The van der Waals surface area contributed by atoms with E-state index in [1.165, 1.54) is 30.3 Å². The molecule has 2 N–H and O–H groups in total. The maximum Gasteiger partial charge on any atom is 0.471 e. The number of hydrogen-bond donors (Lipinski definition) is 2. The van der Waals surface area contributed by atoms with Gasteiger partial charge in [0.15, 0.2) is 0 Å². The summed E-state index contributed by atoms with van der Waals surface area (Å²) in [7, 11) is 0. The molecule has 1 saturated carbocycles. The smallest absolute Gasteiger partial charge is 0.322 e. The summed E-state index contributed by atoms with van der Waals surface area (Å²) in [6.45, 7) is 0. The third kappa shape index (κ3) is 5.43. The molecular weight excluding hydrogens is 309 g/mol. The predicted molar refractivity (Wildman–Crippen MR) is 80.9 cm³/mol. The first-order chi connectivity index (χ1) is 10.8. The van der Waals surface area contributed by atoms with E-state index in [0.717, 1.165) is 25.7 Å². The molecule has 124 valence electrons. The number of hydrogen-bond acceptors (Lipinski definition) is 2. The second-order valence-corrected chi connectivity index (χ2v) is 5.43. The van der Waals surface area contributed by atoms with E-state index in [0.29, 0.717) is 11.6 Å². The van der Waals surface area contributed by atoms with Crippen molar-refractivity contribution >= 4 is 23.2 Å². The molecule has 23 heavy (non-hydrogen) atoms. The van der Waals surface area contributed by atoms with E-state index in [1.54, 1.807) is 5.32 Å². The van der Waals surface area contributed by atoms with Crippen molar-refractivity contribution in [2.75, 3.05) is 10.6 Å². The zero-order valence-corrected chi connectivity index (χ0v) is 12.3. The SMILES string of the molecule is O=C(/C=C/C1CCCC1)Nc1cccc(NC(=O)C(F)(F)F)c1. The molecule has 0 spiro atoms. The summed E-state index contributed by atoms with van der Waals surface area (Å²) in [6.07, 6.45) is 2.82. The predicted octanol–water partition coefficient (Wildman–Crippen LogP) is 3.87. The van der Waals surface area contributed by atoms with Gasteiger partial charge in [0.25, 0.3) is 0 Å². The minimum Gasteiger partial charge on any atom is -0.322 e. The Morgan fingerprint density at radius 1 is 1.09 bits per heavy atom. The van der Waals surface area contributed by atoms with Gasteiger partial charge in [-0.05, 0) is 43.0 Å². The first kappa shape index (κ1) is 17.1. The Morgan fingerprint density at radius 3 is 2.30 bits per heavy atom. The van der Waals surface area contributed by atoms with Gasteiger partial charge in [-0.15, -0.1) is 0 Å². The van der Waals surface area contributed by atoms with Crippen LogP contribution in [0.25, 0.3) is 0 Å². The minimum atomic E-state index is -4.96. The Hall–Kier alpha value is -2.31. The summed E-state index contributed by atoms with van der Waals surface area (Å²) in [4.78, 5) is 22.7. The number of nitrogens with one attached hydrogen (secondary N) is 2. The zero-order chi connectivity index (χ0) is 16.9. The lowest BCUT2D eigenvalue weighted by Gasteiger charge is -2.09. The van der Waals surface area contributed by atoms with Gasteiger partial charge in [0, 0.05) is 11.4 Å². The van der Waals surface area contributed by atoms with Crippen molar-refractivity contribution in [2.45, 2.75) is 31.9 Å². The molecule has 0 unspecified atom stereocenters. The van der Waals surface area contributed by atoms with Gasteiger partial charge in [-0.3, -0.25) is 9.59 Å². The monoisotopic (exact) mass is 326 g/mol. The van der Waals surface area contributed by atoms with Crippen molar-refractivity contribution in [3.05, 3.63) is 36.4 Å². The zero-order valence-electron chi connectivity index (χ0n) is 12.3. The van der Waals surface area contributed by atoms with Crippen LogP contribution in [0.3, 0.4) is 0 Å².